The molecule has 0 heterocycles. The fraction of sp³-hybridized carbons (Fsp3) is 0.652. The van der Waals surface area contributed by atoms with Crippen molar-refractivity contribution in [1.82, 2.24) is 0 Å². The normalized spacial score (nSPS) is 16.2. The highest BCUT2D eigenvalue weighted by molar-refractivity contribution is 6.83. The van der Waals surface area contributed by atoms with Crippen LogP contribution in [0.5, 0.6) is 0 Å². The van der Waals surface area contributed by atoms with Crippen LogP contribution in [-0.4, -0.2) is 27.6 Å². The number of aliphatic hydroxyl groups excluding tert-OH is 1. The van der Waals surface area contributed by atoms with E-state index in [1.807, 2.05) is 18.2 Å². The summed E-state index contributed by atoms with van der Waals surface area (Å²) in [6, 6.07) is 10.2. The molecule has 1 N–H and O–H groups in total. The van der Waals surface area contributed by atoms with Gasteiger partial charge in [0.15, 0.2) is 8.32 Å². The lowest BCUT2D eigenvalue weighted by molar-refractivity contribution is 0.00106. The first-order chi connectivity index (χ1) is 12.3. The quantitative estimate of drug-likeness (QED) is 0.420. The number of aliphatic hydroxyl groups is 1. The Hall–Kier alpha value is -0.866. The van der Waals surface area contributed by atoms with Crippen molar-refractivity contribution in [2.45, 2.75) is 90.5 Å². The summed E-state index contributed by atoms with van der Waals surface area (Å²) in [6.07, 6.45) is 0.942. The Kier molecular flexibility index (Phi) is 8.56. The van der Waals surface area contributed by atoms with E-state index in [1.54, 1.807) is 0 Å². The van der Waals surface area contributed by atoms with E-state index in [4.69, 9.17) is 4.43 Å². The van der Waals surface area contributed by atoms with E-state index in [-0.39, 0.29) is 17.1 Å². The van der Waals surface area contributed by atoms with Gasteiger partial charge in [0.1, 0.15) is 8.07 Å². The molecule has 0 aliphatic rings. The Balaban J connectivity index is 3.29. The van der Waals surface area contributed by atoms with Gasteiger partial charge in [0.05, 0.1) is 12.2 Å². The van der Waals surface area contributed by atoms with Crippen LogP contribution in [0.4, 0.5) is 0 Å². The molecule has 1 aromatic carbocycles. The fourth-order valence-corrected chi connectivity index (χ4v) is 4.51. The zero-order valence-corrected chi connectivity index (χ0v) is 20.9. The molecule has 2 nitrogen and oxygen atoms in total. The molecule has 1 rings (SSSR count). The van der Waals surface area contributed by atoms with Crippen molar-refractivity contribution in [3.8, 4) is 11.5 Å². The molecule has 3 atom stereocenters. The van der Waals surface area contributed by atoms with Crippen LogP contribution in [-0.2, 0) is 4.43 Å². The van der Waals surface area contributed by atoms with Gasteiger partial charge >= 0.3 is 0 Å². The van der Waals surface area contributed by atoms with Gasteiger partial charge in [0, 0.05) is 5.92 Å². The van der Waals surface area contributed by atoms with Crippen LogP contribution in [0.2, 0.25) is 37.8 Å². The van der Waals surface area contributed by atoms with Gasteiger partial charge in [-0.15, -0.1) is 11.5 Å². The standard InChI is InChI=1S/C23H40O2Si2/c1-10-14-19(17-18-26(5,6)7)21(24)22(20-15-12-11-13-16-20)25-27(8,9)23(2,3)4/h11-13,15-16,19,21-22,24H,10,14H2,1-9H3/t19-,21-,22-/m0/s1. The minimum Gasteiger partial charge on any atom is -0.407 e. The van der Waals surface area contributed by atoms with E-state index in [0.717, 1.165) is 18.4 Å². The summed E-state index contributed by atoms with van der Waals surface area (Å²) in [5, 5.41) is 11.5. The van der Waals surface area contributed by atoms with Gasteiger partial charge < -0.3 is 9.53 Å². The van der Waals surface area contributed by atoms with Crippen molar-refractivity contribution in [3.05, 3.63) is 35.9 Å². The zero-order chi connectivity index (χ0) is 20.9. The van der Waals surface area contributed by atoms with Crippen LogP contribution in [0.25, 0.3) is 0 Å². The first-order valence-electron chi connectivity index (χ1n) is 10.2. The smallest absolute Gasteiger partial charge is 0.193 e. The molecule has 0 aromatic heterocycles. The molecular weight excluding hydrogens is 364 g/mol. The van der Waals surface area contributed by atoms with Crippen LogP contribution >= 0.6 is 0 Å². The fourth-order valence-electron chi connectivity index (χ4n) is 2.63. The van der Waals surface area contributed by atoms with Crippen LogP contribution in [0.3, 0.4) is 0 Å². The van der Waals surface area contributed by atoms with Crippen LogP contribution in [0.15, 0.2) is 30.3 Å². The number of rotatable bonds is 7. The molecule has 0 fully saturated rings. The molecule has 0 bridgehead atoms. The third-order valence-corrected chi connectivity index (χ3v) is 10.7. The zero-order valence-electron chi connectivity index (χ0n) is 18.9. The maximum atomic E-state index is 11.4. The van der Waals surface area contributed by atoms with Crippen molar-refractivity contribution in [3.63, 3.8) is 0 Å². The second-order valence-electron chi connectivity index (χ2n) is 10.1. The average molecular weight is 405 g/mol. The molecular formula is C23H40O2Si2. The average Bonchev–Trinajstić information content (AvgIpc) is 2.55. The maximum Gasteiger partial charge on any atom is 0.193 e. The number of benzene rings is 1. The summed E-state index contributed by atoms with van der Waals surface area (Å²) >= 11 is 0. The molecule has 27 heavy (non-hydrogen) atoms. The summed E-state index contributed by atoms with van der Waals surface area (Å²) in [6.45, 7) is 20.1. The maximum absolute atomic E-state index is 11.4. The van der Waals surface area contributed by atoms with Crippen molar-refractivity contribution in [1.29, 1.82) is 0 Å². The van der Waals surface area contributed by atoms with Crippen molar-refractivity contribution < 1.29 is 9.53 Å². The molecule has 0 saturated heterocycles. The highest BCUT2D eigenvalue weighted by atomic mass is 28.4. The van der Waals surface area contributed by atoms with Gasteiger partial charge in [0.25, 0.3) is 0 Å². The minimum atomic E-state index is -2.04. The topological polar surface area (TPSA) is 29.5 Å². The predicted octanol–water partition coefficient (Wildman–Crippen LogP) is 6.41. The summed E-state index contributed by atoms with van der Waals surface area (Å²) in [4.78, 5) is 0. The van der Waals surface area contributed by atoms with E-state index in [1.165, 1.54) is 0 Å². The SMILES string of the molecule is CCC[C@@H](C#C[Si](C)(C)C)[C@H](O)[C@@H](O[Si](C)(C)C(C)(C)C)c1ccccc1. The van der Waals surface area contributed by atoms with E-state index in [0.29, 0.717) is 0 Å². The van der Waals surface area contributed by atoms with Gasteiger partial charge in [-0.05, 0) is 30.1 Å². The molecule has 0 radical (unpaired) electrons. The first-order valence-corrected chi connectivity index (χ1v) is 16.6. The number of hydrogen-bond acceptors (Lipinski definition) is 2. The van der Waals surface area contributed by atoms with E-state index < -0.39 is 22.5 Å². The monoisotopic (exact) mass is 404 g/mol. The lowest BCUT2D eigenvalue weighted by atomic mass is 9.91. The highest BCUT2D eigenvalue weighted by Gasteiger charge is 2.42. The minimum absolute atomic E-state index is 0.0586. The molecule has 0 aliphatic carbocycles. The Labute approximate surface area is 169 Å². The molecule has 0 spiro atoms. The molecule has 4 heteroatoms. The van der Waals surface area contributed by atoms with Gasteiger partial charge in [-0.2, -0.15) is 0 Å². The lowest BCUT2D eigenvalue weighted by Gasteiger charge is -2.41. The van der Waals surface area contributed by atoms with Gasteiger partial charge in [-0.1, -0.05) is 84.1 Å². The van der Waals surface area contributed by atoms with Gasteiger partial charge in [-0.25, -0.2) is 0 Å². The van der Waals surface area contributed by atoms with Gasteiger partial charge in [-0.3, -0.25) is 0 Å². The van der Waals surface area contributed by atoms with Crippen LogP contribution in [0, 0.1) is 17.4 Å². The summed E-state index contributed by atoms with van der Waals surface area (Å²) in [5.74, 6) is 3.37. The molecule has 1 aromatic rings. The Morgan fingerprint density at radius 1 is 1.04 bits per heavy atom. The first kappa shape index (κ1) is 24.2. The third kappa shape index (κ3) is 7.58. The second-order valence-corrected chi connectivity index (χ2v) is 19.6. The van der Waals surface area contributed by atoms with Crippen molar-refractivity contribution in [2.75, 3.05) is 0 Å². The molecule has 0 unspecified atom stereocenters. The van der Waals surface area contributed by atoms with E-state index >= 15 is 0 Å². The molecule has 152 valence electrons. The van der Waals surface area contributed by atoms with Crippen LogP contribution in [0.1, 0.15) is 52.2 Å². The summed E-state index contributed by atoms with van der Waals surface area (Å²) in [5.41, 5.74) is 4.52. The summed E-state index contributed by atoms with van der Waals surface area (Å²) < 4.78 is 6.74. The Bertz CT molecular complexity index is 630. The van der Waals surface area contributed by atoms with E-state index in [2.05, 4.69) is 84.0 Å². The molecule has 0 saturated carbocycles. The van der Waals surface area contributed by atoms with Crippen molar-refractivity contribution >= 4 is 16.4 Å². The van der Waals surface area contributed by atoms with Gasteiger partial charge in [0.2, 0.25) is 0 Å². The predicted molar refractivity (Wildman–Crippen MR) is 123 cm³/mol. The van der Waals surface area contributed by atoms with Crippen molar-refractivity contribution in [2.24, 2.45) is 5.92 Å². The largest absolute Gasteiger partial charge is 0.407 e. The molecule has 0 aliphatic heterocycles. The van der Waals surface area contributed by atoms with Crippen LogP contribution < -0.4 is 0 Å². The Morgan fingerprint density at radius 2 is 1.59 bits per heavy atom. The lowest BCUT2D eigenvalue weighted by Crippen LogP contribution is -2.45. The highest BCUT2D eigenvalue weighted by Crippen LogP contribution is 2.41. The third-order valence-electron chi connectivity index (χ3n) is 5.31. The number of hydrogen-bond donors (Lipinski definition) is 1. The summed E-state index contributed by atoms with van der Waals surface area (Å²) in [7, 11) is -3.53. The van der Waals surface area contributed by atoms with E-state index in [9.17, 15) is 5.11 Å². The second kappa shape index (κ2) is 9.56. The Morgan fingerprint density at radius 3 is 2.04 bits per heavy atom. The molecule has 0 amide bonds.